The van der Waals surface area contributed by atoms with E-state index >= 15 is 0 Å². The first-order valence-electron chi connectivity index (χ1n) is 8.38. The number of urea groups is 1. The summed E-state index contributed by atoms with van der Waals surface area (Å²) >= 11 is 0. The maximum atomic E-state index is 12.5. The minimum absolute atomic E-state index is 0.0309. The molecule has 1 aromatic carbocycles. The summed E-state index contributed by atoms with van der Waals surface area (Å²) in [6.45, 7) is 6.59. The number of ether oxygens (including phenoxy) is 1. The maximum absolute atomic E-state index is 12.5. The van der Waals surface area contributed by atoms with Gasteiger partial charge >= 0.3 is 6.03 Å². The van der Waals surface area contributed by atoms with Gasteiger partial charge in [-0.15, -0.1) is 0 Å². The van der Waals surface area contributed by atoms with Crippen molar-refractivity contribution >= 4 is 11.7 Å². The summed E-state index contributed by atoms with van der Waals surface area (Å²) in [5.41, 5.74) is 0.753. The molecular weight excluding hydrogens is 310 g/mol. The van der Waals surface area contributed by atoms with Gasteiger partial charge in [-0.1, -0.05) is 12.1 Å². The maximum Gasteiger partial charge on any atom is 0.317 e. The van der Waals surface area contributed by atoms with Crippen LogP contribution in [0.4, 0.5) is 10.5 Å². The molecule has 2 amide bonds. The number of benzene rings is 1. The highest BCUT2D eigenvalue weighted by molar-refractivity contribution is 5.74. The fraction of sp³-hybridized carbons (Fsp3) is 0.588. The lowest BCUT2D eigenvalue weighted by Gasteiger charge is -2.33. The number of carbonyl (C=O) groups is 1. The monoisotopic (exact) mass is 335 g/mol. The van der Waals surface area contributed by atoms with Crippen LogP contribution in [0.25, 0.3) is 0 Å². The quantitative estimate of drug-likeness (QED) is 0.639. The van der Waals surface area contributed by atoms with Crippen LogP contribution in [0.1, 0.15) is 38.3 Å². The Bertz CT molecular complexity index is 579. The average Bonchev–Trinajstić information content (AvgIpc) is 2.60. The van der Waals surface area contributed by atoms with Crippen LogP contribution in [0.5, 0.6) is 0 Å². The highest BCUT2D eigenvalue weighted by atomic mass is 16.6. The topological polar surface area (TPSA) is 84.7 Å². The SMILES string of the molecule is CCOC[C@H]1CCCN(C(=O)N[C@@H](C)c2cccc([N+](=O)[O-])c2)C1. The second kappa shape index (κ2) is 8.63. The van der Waals surface area contributed by atoms with E-state index in [1.54, 1.807) is 17.0 Å². The minimum Gasteiger partial charge on any atom is -0.381 e. The largest absolute Gasteiger partial charge is 0.381 e. The van der Waals surface area contributed by atoms with E-state index in [0.29, 0.717) is 25.7 Å². The molecule has 7 nitrogen and oxygen atoms in total. The van der Waals surface area contributed by atoms with Crippen molar-refractivity contribution in [1.29, 1.82) is 0 Å². The third-order valence-corrected chi connectivity index (χ3v) is 4.28. The van der Waals surface area contributed by atoms with Crippen molar-refractivity contribution in [2.75, 3.05) is 26.3 Å². The van der Waals surface area contributed by atoms with E-state index in [1.807, 2.05) is 13.8 Å². The molecule has 0 spiro atoms. The van der Waals surface area contributed by atoms with Gasteiger partial charge in [-0.25, -0.2) is 4.79 Å². The number of nitro benzene ring substituents is 1. The Balaban J connectivity index is 1.93. The lowest BCUT2D eigenvalue weighted by atomic mass is 9.99. The third-order valence-electron chi connectivity index (χ3n) is 4.28. The molecule has 1 heterocycles. The van der Waals surface area contributed by atoms with Crippen LogP contribution in [-0.4, -0.2) is 42.2 Å². The van der Waals surface area contributed by atoms with E-state index in [-0.39, 0.29) is 17.8 Å². The Labute approximate surface area is 142 Å². The molecule has 0 aliphatic carbocycles. The van der Waals surface area contributed by atoms with Gasteiger partial charge in [0.15, 0.2) is 0 Å². The fourth-order valence-electron chi connectivity index (χ4n) is 2.94. The molecule has 2 atom stereocenters. The van der Waals surface area contributed by atoms with E-state index in [9.17, 15) is 14.9 Å². The molecule has 0 radical (unpaired) electrons. The van der Waals surface area contributed by atoms with Crippen LogP contribution in [0.3, 0.4) is 0 Å². The molecule has 2 rings (SSSR count). The smallest absolute Gasteiger partial charge is 0.317 e. The lowest BCUT2D eigenvalue weighted by molar-refractivity contribution is -0.384. The van der Waals surface area contributed by atoms with Gasteiger partial charge in [-0.2, -0.15) is 0 Å². The molecule has 1 aliphatic rings. The van der Waals surface area contributed by atoms with Gasteiger partial charge in [0, 0.05) is 37.7 Å². The van der Waals surface area contributed by atoms with Crippen molar-refractivity contribution in [2.45, 2.75) is 32.7 Å². The molecule has 1 saturated heterocycles. The Morgan fingerprint density at radius 3 is 3.04 bits per heavy atom. The van der Waals surface area contributed by atoms with Crippen molar-refractivity contribution in [3.05, 3.63) is 39.9 Å². The Hall–Kier alpha value is -2.15. The van der Waals surface area contributed by atoms with Gasteiger partial charge in [-0.3, -0.25) is 10.1 Å². The lowest BCUT2D eigenvalue weighted by Crippen LogP contribution is -2.46. The first-order valence-corrected chi connectivity index (χ1v) is 8.38. The summed E-state index contributed by atoms with van der Waals surface area (Å²) in [6, 6.07) is 5.95. The highest BCUT2D eigenvalue weighted by Gasteiger charge is 2.25. The zero-order chi connectivity index (χ0) is 17.5. The summed E-state index contributed by atoms with van der Waals surface area (Å²) in [7, 11) is 0. The average molecular weight is 335 g/mol. The third kappa shape index (κ3) is 4.92. The number of nitrogens with one attached hydrogen (secondary N) is 1. The van der Waals surface area contributed by atoms with Gasteiger partial charge in [0.25, 0.3) is 5.69 Å². The number of amides is 2. The Morgan fingerprint density at radius 2 is 2.33 bits per heavy atom. The number of carbonyl (C=O) groups excluding carboxylic acids is 1. The molecule has 1 aromatic rings. The molecular formula is C17H25N3O4. The van der Waals surface area contributed by atoms with Crippen LogP contribution in [0, 0.1) is 16.0 Å². The van der Waals surface area contributed by atoms with Crippen molar-refractivity contribution < 1.29 is 14.5 Å². The summed E-state index contributed by atoms with van der Waals surface area (Å²) in [5, 5.41) is 13.8. The van der Waals surface area contributed by atoms with E-state index in [2.05, 4.69) is 5.32 Å². The first-order chi connectivity index (χ1) is 11.5. The number of non-ortho nitro benzene ring substituents is 1. The van der Waals surface area contributed by atoms with Crippen LogP contribution < -0.4 is 5.32 Å². The molecule has 0 saturated carbocycles. The highest BCUT2D eigenvalue weighted by Crippen LogP contribution is 2.21. The molecule has 1 N–H and O–H groups in total. The van der Waals surface area contributed by atoms with Crippen molar-refractivity contribution in [2.24, 2.45) is 5.92 Å². The number of nitrogens with zero attached hydrogens (tertiary/aromatic N) is 2. The molecule has 0 unspecified atom stereocenters. The van der Waals surface area contributed by atoms with Crippen LogP contribution in [-0.2, 0) is 4.74 Å². The zero-order valence-corrected chi connectivity index (χ0v) is 14.2. The van der Waals surface area contributed by atoms with Crippen molar-refractivity contribution in [3.63, 3.8) is 0 Å². The predicted octanol–water partition coefficient (Wildman–Crippen LogP) is 3.11. The van der Waals surface area contributed by atoms with E-state index in [1.165, 1.54) is 12.1 Å². The molecule has 1 fully saturated rings. The molecule has 1 aliphatic heterocycles. The second-order valence-corrected chi connectivity index (χ2v) is 6.14. The summed E-state index contributed by atoms with van der Waals surface area (Å²) in [6.07, 6.45) is 2.04. The minimum atomic E-state index is -0.430. The fourth-order valence-corrected chi connectivity index (χ4v) is 2.94. The van der Waals surface area contributed by atoms with E-state index in [4.69, 9.17) is 4.74 Å². The molecule has 132 valence electrons. The predicted molar refractivity (Wildman–Crippen MR) is 90.8 cm³/mol. The van der Waals surface area contributed by atoms with Crippen LogP contribution in [0.15, 0.2) is 24.3 Å². The molecule has 24 heavy (non-hydrogen) atoms. The summed E-state index contributed by atoms with van der Waals surface area (Å²) < 4.78 is 5.46. The second-order valence-electron chi connectivity index (χ2n) is 6.14. The molecule has 0 bridgehead atoms. The number of likely N-dealkylation sites (tertiary alicyclic amines) is 1. The van der Waals surface area contributed by atoms with Crippen molar-refractivity contribution in [3.8, 4) is 0 Å². The number of nitro groups is 1. The molecule has 7 heteroatoms. The van der Waals surface area contributed by atoms with Gasteiger partial charge < -0.3 is 15.0 Å². The van der Waals surface area contributed by atoms with Gasteiger partial charge in [0.1, 0.15) is 0 Å². The standard InChI is InChI=1S/C17H25N3O4/c1-3-24-12-14-6-5-9-19(11-14)17(21)18-13(2)15-7-4-8-16(10-15)20(22)23/h4,7-8,10,13-14H,3,5-6,9,11-12H2,1-2H3,(H,18,21)/t13-,14-/m0/s1. The van der Waals surface area contributed by atoms with Crippen LogP contribution >= 0.6 is 0 Å². The number of piperidine rings is 1. The van der Waals surface area contributed by atoms with E-state index < -0.39 is 4.92 Å². The number of hydrogen-bond donors (Lipinski definition) is 1. The molecule has 0 aromatic heterocycles. The first kappa shape index (κ1) is 18.2. The number of rotatable bonds is 6. The van der Waals surface area contributed by atoms with Gasteiger partial charge in [0.05, 0.1) is 17.6 Å². The summed E-state index contributed by atoms with van der Waals surface area (Å²) in [5.74, 6) is 0.373. The Kier molecular flexibility index (Phi) is 6.54. The van der Waals surface area contributed by atoms with E-state index in [0.717, 1.165) is 24.9 Å². The summed E-state index contributed by atoms with van der Waals surface area (Å²) in [4.78, 5) is 24.7. The van der Waals surface area contributed by atoms with Crippen molar-refractivity contribution in [1.82, 2.24) is 10.2 Å². The van der Waals surface area contributed by atoms with Crippen LogP contribution in [0.2, 0.25) is 0 Å². The Morgan fingerprint density at radius 1 is 1.54 bits per heavy atom. The normalized spacial score (nSPS) is 18.9. The van der Waals surface area contributed by atoms with Gasteiger partial charge in [0.2, 0.25) is 0 Å². The zero-order valence-electron chi connectivity index (χ0n) is 14.2. The number of hydrogen-bond acceptors (Lipinski definition) is 4. The van der Waals surface area contributed by atoms with Gasteiger partial charge in [-0.05, 0) is 32.3 Å².